The summed E-state index contributed by atoms with van der Waals surface area (Å²) in [6, 6.07) is 0.462. The van der Waals surface area contributed by atoms with Gasteiger partial charge in [-0.15, -0.1) is 0 Å². The molecule has 1 heterocycles. The van der Waals surface area contributed by atoms with Crippen LogP contribution in [0, 0.1) is 6.92 Å². The van der Waals surface area contributed by atoms with Gasteiger partial charge in [-0.25, -0.2) is 0 Å². The van der Waals surface area contributed by atoms with E-state index >= 15 is 0 Å². The van der Waals surface area contributed by atoms with Crippen LogP contribution in [0.3, 0.4) is 0 Å². The van der Waals surface area contributed by atoms with E-state index in [1.54, 1.807) is 0 Å². The quantitative estimate of drug-likeness (QED) is 0.780. The average molecular weight is 195 g/mol. The lowest BCUT2D eigenvalue weighted by Gasteiger charge is -2.14. The van der Waals surface area contributed by atoms with Crippen molar-refractivity contribution in [3.63, 3.8) is 0 Å². The van der Waals surface area contributed by atoms with Gasteiger partial charge in [0, 0.05) is 24.8 Å². The summed E-state index contributed by atoms with van der Waals surface area (Å²) in [6.45, 7) is 4.30. The van der Waals surface area contributed by atoms with Gasteiger partial charge in [0.25, 0.3) is 0 Å². The molecule has 1 N–H and O–H groups in total. The van der Waals surface area contributed by atoms with Gasteiger partial charge in [-0.3, -0.25) is 4.68 Å². The van der Waals surface area contributed by atoms with Crippen molar-refractivity contribution < 1.29 is 0 Å². The van der Waals surface area contributed by atoms with Crippen LogP contribution >= 0.6 is 0 Å². The Morgan fingerprint density at radius 1 is 1.57 bits per heavy atom. The zero-order valence-corrected chi connectivity index (χ0v) is 9.67. The van der Waals surface area contributed by atoms with Crippen molar-refractivity contribution in [3.05, 3.63) is 17.5 Å². The SMILES string of the molecule is CCCCC(NC)c1cn(C)nc1C. The fourth-order valence-electron chi connectivity index (χ4n) is 1.82. The number of hydrogen-bond acceptors (Lipinski definition) is 2. The molecule has 0 aromatic carbocycles. The third-order valence-electron chi connectivity index (χ3n) is 2.62. The third-order valence-corrected chi connectivity index (χ3v) is 2.62. The first-order valence-corrected chi connectivity index (χ1v) is 5.36. The lowest BCUT2D eigenvalue weighted by molar-refractivity contribution is 0.520. The molecule has 0 aliphatic rings. The van der Waals surface area contributed by atoms with E-state index < -0.39 is 0 Å². The van der Waals surface area contributed by atoms with Gasteiger partial charge in [0.15, 0.2) is 0 Å². The second-order valence-corrected chi connectivity index (χ2v) is 3.83. The summed E-state index contributed by atoms with van der Waals surface area (Å²) >= 11 is 0. The van der Waals surface area contributed by atoms with Crippen LogP contribution in [-0.2, 0) is 7.05 Å². The summed E-state index contributed by atoms with van der Waals surface area (Å²) in [5.74, 6) is 0. The van der Waals surface area contributed by atoms with E-state index in [9.17, 15) is 0 Å². The maximum atomic E-state index is 4.36. The summed E-state index contributed by atoms with van der Waals surface area (Å²) in [6.07, 6.45) is 5.82. The van der Waals surface area contributed by atoms with Crippen LogP contribution < -0.4 is 5.32 Å². The van der Waals surface area contributed by atoms with Crippen LogP contribution in [0.4, 0.5) is 0 Å². The summed E-state index contributed by atoms with van der Waals surface area (Å²) in [7, 11) is 4.00. The monoisotopic (exact) mass is 195 g/mol. The Hall–Kier alpha value is -0.830. The van der Waals surface area contributed by atoms with Gasteiger partial charge in [0.1, 0.15) is 0 Å². The Kier molecular flexibility index (Phi) is 4.14. The molecular weight excluding hydrogens is 174 g/mol. The topological polar surface area (TPSA) is 29.9 Å². The van der Waals surface area contributed by atoms with Crippen LogP contribution in [0.1, 0.15) is 43.5 Å². The molecule has 1 atom stereocenters. The zero-order valence-electron chi connectivity index (χ0n) is 9.67. The van der Waals surface area contributed by atoms with E-state index in [-0.39, 0.29) is 0 Å². The zero-order chi connectivity index (χ0) is 10.6. The first-order chi connectivity index (χ1) is 6.69. The summed E-state index contributed by atoms with van der Waals surface area (Å²) in [5.41, 5.74) is 2.48. The van der Waals surface area contributed by atoms with Crippen molar-refractivity contribution >= 4 is 0 Å². The van der Waals surface area contributed by atoms with Crippen LogP contribution in [0.25, 0.3) is 0 Å². The molecule has 0 saturated heterocycles. The first-order valence-electron chi connectivity index (χ1n) is 5.36. The molecule has 1 aromatic rings. The summed E-state index contributed by atoms with van der Waals surface area (Å²) in [5, 5.41) is 7.72. The van der Waals surface area contributed by atoms with Gasteiger partial charge < -0.3 is 5.32 Å². The molecular formula is C11H21N3. The molecule has 0 bridgehead atoms. The van der Waals surface area contributed by atoms with Crippen LogP contribution in [0.5, 0.6) is 0 Å². The molecule has 80 valence electrons. The van der Waals surface area contributed by atoms with Crippen molar-refractivity contribution in [1.82, 2.24) is 15.1 Å². The molecule has 0 amide bonds. The highest BCUT2D eigenvalue weighted by atomic mass is 15.3. The normalized spacial score (nSPS) is 13.1. The highest BCUT2D eigenvalue weighted by Gasteiger charge is 2.13. The molecule has 3 heteroatoms. The second-order valence-electron chi connectivity index (χ2n) is 3.83. The Morgan fingerprint density at radius 3 is 2.71 bits per heavy atom. The highest BCUT2D eigenvalue weighted by Crippen LogP contribution is 2.21. The smallest absolute Gasteiger partial charge is 0.0641 e. The predicted molar refractivity (Wildman–Crippen MR) is 59.3 cm³/mol. The molecule has 14 heavy (non-hydrogen) atoms. The number of nitrogens with zero attached hydrogens (tertiary/aromatic N) is 2. The van der Waals surface area contributed by atoms with E-state index in [0.29, 0.717) is 6.04 Å². The van der Waals surface area contributed by atoms with E-state index in [2.05, 4.69) is 30.5 Å². The highest BCUT2D eigenvalue weighted by molar-refractivity contribution is 5.19. The maximum absolute atomic E-state index is 4.36. The number of aromatic nitrogens is 2. The van der Waals surface area contributed by atoms with Crippen molar-refractivity contribution in [3.8, 4) is 0 Å². The van der Waals surface area contributed by atoms with Gasteiger partial charge in [0.2, 0.25) is 0 Å². The molecule has 0 spiro atoms. The molecule has 0 aliphatic heterocycles. The number of aryl methyl sites for hydroxylation is 2. The number of unbranched alkanes of at least 4 members (excludes halogenated alkanes) is 1. The molecule has 0 fully saturated rings. The Balaban J connectivity index is 2.72. The fraction of sp³-hybridized carbons (Fsp3) is 0.727. The first kappa shape index (κ1) is 11.2. The molecule has 0 aliphatic carbocycles. The average Bonchev–Trinajstić information content (AvgIpc) is 2.47. The Bertz CT molecular complexity index is 278. The van der Waals surface area contributed by atoms with Crippen LogP contribution in [0.2, 0.25) is 0 Å². The molecule has 1 rings (SSSR count). The van der Waals surface area contributed by atoms with Crippen molar-refractivity contribution in [1.29, 1.82) is 0 Å². The molecule has 0 saturated carbocycles. The lowest BCUT2D eigenvalue weighted by atomic mass is 10.0. The van der Waals surface area contributed by atoms with E-state index in [1.807, 2.05) is 18.8 Å². The van der Waals surface area contributed by atoms with Gasteiger partial charge in [-0.2, -0.15) is 5.10 Å². The van der Waals surface area contributed by atoms with Crippen LogP contribution in [-0.4, -0.2) is 16.8 Å². The van der Waals surface area contributed by atoms with E-state index in [0.717, 1.165) is 5.69 Å². The van der Waals surface area contributed by atoms with Gasteiger partial charge in [-0.05, 0) is 20.4 Å². The summed E-state index contributed by atoms with van der Waals surface area (Å²) in [4.78, 5) is 0. The number of nitrogens with one attached hydrogen (secondary N) is 1. The van der Waals surface area contributed by atoms with E-state index in [1.165, 1.54) is 24.8 Å². The van der Waals surface area contributed by atoms with Crippen molar-refractivity contribution in [2.45, 2.75) is 39.2 Å². The number of rotatable bonds is 5. The van der Waals surface area contributed by atoms with Crippen LogP contribution in [0.15, 0.2) is 6.20 Å². The molecule has 3 nitrogen and oxygen atoms in total. The van der Waals surface area contributed by atoms with Gasteiger partial charge in [0.05, 0.1) is 5.69 Å². The molecule has 1 unspecified atom stereocenters. The summed E-state index contributed by atoms with van der Waals surface area (Å²) < 4.78 is 1.89. The van der Waals surface area contributed by atoms with Crippen molar-refractivity contribution in [2.75, 3.05) is 7.05 Å². The largest absolute Gasteiger partial charge is 0.313 e. The van der Waals surface area contributed by atoms with E-state index in [4.69, 9.17) is 0 Å². The minimum absolute atomic E-state index is 0.462. The van der Waals surface area contributed by atoms with Gasteiger partial charge >= 0.3 is 0 Å². The minimum atomic E-state index is 0.462. The number of hydrogen-bond donors (Lipinski definition) is 1. The van der Waals surface area contributed by atoms with Crippen molar-refractivity contribution in [2.24, 2.45) is 7.05 Å². The Labute approximate surface area is 86.5 Å². The molecule has 0 radical (unpaired) electrons. The van der Waals surface area contributed by atoms with Gasteiger partial charge in [-0.1, -0.05) is 19.8 Å². The third kappa shape index (κ3) is 2.58. The predicted octanol–water partition coefficient (Wildman–Crippen LogP) is 2.18. The maximum Gasteiger partial charge on any atom is 0.0641 e. The fourth-order valence-corrected chi connectivity index (χ4v) is 1.82. The second kappa shape index (κ2) is 5.15. The Morgan fingerprint density at radius 2 is 2.29 bits per heavy atom. The standard InChI is InChI=1S/C11H21N3/c1-5-6-7-11(12-3)10-8-14(4)13-9(10)2/h8,11-12H,5-7H2,1-4H3. The molecule has 1 aromatic heterocycles. The lowest BCUT2D eigenvalue weighted by Crippen LogP contribution is -2.16. The minimum Gasteiger partial charge on any atom is -0.313 e.